The summed E-state index contributed by atoms with van der Waals surface area (Å²) < 4.78 is 24.6. The van der Waals surface area contributed by atoms with E-state index in [2.05, 4.69) is 4.98 Å². The van der Waals surface area contributed by atoms with Gasteiger partial charge in [0.05, 0.1) is 5.56 Å². The number of carbonyl (C=O) groups is 1. The van der Waals surface area contributed by atoms with Gasteiger partial charge in [0, 0.05) is 11.8 Å². The van der Waals surface area contributed by atoms with Crippen LogP contribution in [0.25, 0.3) is 0 Å². The maximum absolute atomic E-state index is 12.3. The minimum atomic E-state index is -2.78. The monoisotopic (exact) mass is 187 g/mol. The van der Waals surface area contributed by atoms with Crippen LogP contribution in [0.15, 0.2) is 12.3 Å². The molecule has 4 N–H and O–H groups in total. The number of aromatic nitrogens is 1. The molecule has 0 aliphatic carbocycles. The maximum Gasteiger partial charge on any atom is 0.264 e. The third-order valence-electron chi connectivity index (χ3n) is 1.49. The zero-order chi connectivity index (χ0) is 10.0. The molecule has 6 heteroatoms. The summed E-state index contributed by atoms with van der Waals surface area (Å²) in [6.45, 7) is 0. The molecule has 70 valence electrons. The number of hydrogen-bond donors (Lipinski definition) is 2. The second-order valence-corrected chi connectivity index (χ2v) is 2.33. The highest BCUT2D eigenvalue weighted by molar-refractivity contribution is 5.98. The van der Waals surface area contributed by atoms with E-state index in [1.54, 1.807) is 0 Å². The molecular weight excluding hydrogens is 180 g/mol. The Morgan fingerprint density at radius 1 is 1.54 bits per heavy atom. The zero-order valence-electron chi connectivity index (χ0n) is 6.50. The average molecular weight is 187 g/mol. The Bertz CT molecular complexity index is 341. The van der Waals surface area contributed by atoms with E-state index in [0.717, 1.165) is 12.3 Å². The predicted molar refractivity (Wildman–Crippen MR) is 42.1 cm³/mol. The van der Waals surface area contributed by atoms with Gasteiger partial charge in [-0.2, -0.15) is 0 Å². The standard InChI is InChI=1S/C7H7F2N3O/c8-5(9)3-1-2-12-6(10)4(3)7(11)13/h1-2,5H,(H2,10,12)(H2,11,13). The first-order valence-electron chi connectivity index (χ1n) is 3.36. The van der Waals surface area contributed by atoms with Crippen LogP contribution in [0.5, 0.6) is 0 Å². The van der Waals surface area contributed by atoms with Crippen LogP contribution in [0.2, 0.25) is 0 Å². The van der Waals surface area contributed by atoms with Crippen LogP contribution in [0.4, 0.5) is 14.6 Å². The Labute approximate surface area is 72.6 Å². The number of hydrogen-bond acceptors (Lipinski definition) is 3. The van der Waals surface area contributed by atoms with Crippen molar-refractivity contribution >= 4 is 11.7 Å². The van der Waals surface area contributed by atoms with Crippen LogP contribution in [0.1, 0.15) is 22.3 Å². The fourth-order valence-electron chi connectivity index (χ4n) is 0.944. The van der Waals surface area contributed by atoms with Gasteiger partial charge in [0.15, 0.2) is 0 Å². The van der Waals surface area contributed by atoms with E-state index >= 15 is 0 Å². The zero-order valence-corrected chi connectivity index (χ0v) is 6.50. The summed E-state index contributed by atoms with van der Waals surface area (Å²) in [6, 6.07) is 1.02. The number of anilines is 1. The highest BCUT2D eigenvalue weighted by atomic mass is 19.3. The first kappa shape index (κ1) is 9.37. The molecule has 1 aromatic heterocycles. The third-order valence-corrected chi connectivity index (χ3v) is 1.49. The summed E-state index contributed by atoms with van der Waals surface area (Å²) >= 11 is 0. The molecule has 0 bridgehead atoms. The molecule has 0 aliphatic heterocycles. The Hall–Kier alpha value is -1.72. The van der Waals surface area contributed by atoms with Crippen LogP contribution in [0.3, 0.4) is 0 Å². The summed E-state index contributed by atoms with van der Waals surface area (Å²) in [5, 5.41) is 0. The molecular formula is C7H7F2N3O. The first-order valence-corrected chi connectivity index (χ1v) is 3.36. The minimum absolute atomic E-state index is 0.273. The van der Waals surface area contributed by atoms with E-state index in [4.69, 9.17) is 11.5 Å². The number of primary amides is 1. The molecule has 0 saturated heterocycles. The van der Waals surface area contributed by atoms with Crippen molar-refractivity contribution in [2.45, 2.75) is 6.43 Å². The molecule has 1 rings (SSSR count). The van der Waals surface area contributed by atoms with Gasteiger partial charge in [0.1, 0.15) is 5.82 Å². The molecule has 0 spiro atoms. The van der Waals surface area contributed by atoms with Crippen molar-refractivity contribution in [3.8, 4) is 0 Å². The molecule has 4 nitrogen and oxygen atoms in total. The number of rotatable bonds is 2. The van der Waals surface area contributed by atoms with Gasteiger partial charge in [-0.3, -0.25) is 4.79 Å². The number of halogens is 2. The van der Waals surface area contributed by atoms with Gasteiger partial charge in [-0.1, -0.05) is 0 Å². The number of nitrogen functional groups attached to an aromatic ring is 1. The highest BCUT2D eigenvalue weighted by Crippen LogP contribution is 2.24. The van der Waals surface area contributed by atoms with E-state index in [-0.39, 0.29) is 5.82 Å². The van der Waals surface area contributed by atoms with E-state index < -0.39 is 23.5 Å². The third kappa shape index (κ3) is 1.71. The molecule has 0 unspecified atom stereocenters. The second kappa shape index (κ2) is 3.34. The SMILES string of the molecule is NC(=O)c1c(C(F)F)ccnc1N. The number of nitrogens with zero attached hydrogens (tertiary/aromatic N) is 1. The Morgan fingerprint density at radius 3 is 2.54 bits per heavy atom. The molecule has 0 radical (unpaired) electrons. The van der Waals surface area contributed by atoms with Crippen molar-refractivity contribution in [2.75, 3.05) is 5.73 Å². The Kier molecular flexibility index (Phi) is 2.41. The summed E-state index contributed by atoms with van der Waals surface area (Å²) in [7, 11) is 0. The Balaban J connectivity index is 3.34. The van der Waals surface area contributed by atoms with Gasteiger partial charge in [0.2, 0.25) is 0 Å². The quantitative estimate of drug-likeness (QED) is 0.714. The number of pyridine rings is 1. The first-order chi connectivity index (χ1) is 6.04. The molecule has 1 heterocycles. The lowest BCUT2D eigenvalue weighted by Crippen LogP contribution is -2.17. The maximum atomic E-state index is 12.3. The van der Waals surface area contributed by atoms with Gasteiger partial charge in [-0.05, 0) is 6.07 Å². The van der Waals surface area contributed by atoms with Crippen molar-refractivity contribution in [3.63, 3.8) is 0 Å². The fourth-order valence-corrected chi connectivity index (χ4v) is 0.944. The van der Waals surface area contributed by atoms with Gasteiger partial charge in [0.25, 0.3) is 12.3 Å². The number of carbonyl (C=O) groups excluding carboxylic acids is 1. The van der Waals surface area contributed by atoms with Crippen molar-refractivity contribution in [1.29, 1.82) is 0 Å². The highest BCUT2D eigenvalue weighted by Gasteiger charge is 2.19. The normalized spacial score (nSPS) is 10.4. The van der Waals surface area contributed by atoms with Crippen molar-refractivity contribution < 1.29 is 13.6 Å². The lowest BCUT2D eigenvalue weighted by atomic mass is 10.1. The van der Waals surface area contributed by atoms with Crippen molar-refractivity contribution in [1.82, 2.24) is 4.98 Å². The number of alkyl halides is 2. The molecule has 0 saturated carbocycles. The molecule has 0 fully saturated rings. The van der Waals surface area contributed by atoms with Gasteiger partial charge >= 0.3 is 0 Å². The summed E-state index contributed by atoms with van der Waals surface area (Å²) in [5.74, 6) is -1.27. The van der Waals surface area contributed by atoms with Crippen LogP contribution < -0.4 is 11.5 Å². The summed E-state index contributed by atoms with van der Waals surface area (Å²) in [5.41, 5.74) is 9.18. The van der Waals surface area contributed by atoms with E-state index in [0.29, 0.717) is 0 Å². The number of amides is 1. The summed E-state index contributed by atoms with van der Waals surface area (Å²) in [6.07, 6.45) is -1.68. The molecule has 1 aromatic rings. The van der Waals surface area contributed by atoms with Crippen LogP contribution in [-0.4, -0.2) is 10.9 Å². The van der Waals surface area contributed by atoms with Crippen LogP contribution in [-0.2, 0) is 0 Å². The topological polar surface area (TPSA) is 82.0 Å². The average Bonchev–Trinajstić information content (AvgIpc) is 2.02. The van der Waals surface area contributed by atoms with E-state index in [1.807, 2.05) is 0 Å². The van der Waals surface area contributed by atoms with E-state index in [1.165, 1.54) is 0 Å². The molecule has 0 aromatic carbocycles. The minimum Gasteiger partial charge on any atom is -0.383 e. The van der Waals surface area contributed by atoms with Crippen molar-refractivity contribution in [3.05, 3.63) is 23.4 Å². The van der Waals surface area contributed by atoms with Gasteiger partial charge in [-0.25, -0.2) is 13.8 Å². The van der Waals surface area contributed by atoms with Gasteiger partial charge in [-0.15, -0.1) is 0 Å². The summed E-state index contributed by atoms with van der Waals surface area (Å²) in [4.78, 5) is 14.2. The van der Waals surface area contributed by atoms with E-state index in [9.17, 15) is 13.6 Å². The second-order valence-electron chi connectivity index (χ2n) is 2.33. The smallest absolute Gasteiger partial charge is 0.264 e. The number of nitrogens with two attached hydrogens (primary N) is 2. The van der Waals surface area contributed by atoms with Crippen LogP contribution in [0, 0.1) is 0 Å². The fraction of sp³-hybridized carbons (Fsp3) is 0.143. The molecule has 0 aliphatic rings. The molecule has 1 amide bonds. The predicted octanol–water partition coefficient (Wildman–Crippen LogP) is 0.700. The Morgan fingerprint density at radius 2 is 2.15 bits per heavy atom. The van der Waals surface area contributed by atoms with Crippen LogP contribution >= 0.6 is 0 Å². The lowest BCUT2D eigenvalue weighted by molar-refractivity contribution is 0.0987. The molecule has 13 heavy (non-hydrogen) atoms. The van der Waals surface area contributed by atoms with Crippen molar-refractivity contribution in [2.24, 2.45) is 5.73 Å². The van der Waals surface area contributed by atoms with Gasteiger partial charge < -0.3 is 11.5 Å². The largest absolute Gasteiger partial charge is 0.383 e. The molecule has 0 atom stereocenters. The lowest BCUT2D eigenvalue weighted by Gasteiger charge is -2.06.